The molecule has 5 fully saturated rings. The molecular formula is C10H12O2. The largest absolute Gasteiger partial charge is 0.369 e. The Bertz CT molecular complexity index is 273. The summed E-state index contributed by atoms with van der Waals surface area (Å²) >= 11 is 0. The van der Waals surface area contributed by atoms with Crippen LogP contribution >= 0.6 is 0 Å². The van der Waals surface area contributed by atoms with E-state index in [-0.39, 0.29) is 0 Å². The Balaban J connectivity index is 1.66. The van der Waals surface area contributed by atoms with Gasteiger partial charge in [0.25, 0.3) is 0 Å². The van der Waals surface area contributed by atoms with Gasteiger partial charge in [0.2, 0.25) is 0 Å². The monoisotopic (exact) mass is 164 g/mol. The van der Waals surface area contributed by atoms with Crippen molar-refractivity contribution in [3.63, 3.8) is 0 Å². The van der Waals surface area contributed by atoms with Crippen LogP contribution in [0.25, 0.3) is 0 Å². The van der Waals surface area contributed by atoms with Crippen LogP contribution in [-0.4, -0.2) is 24.4 Å². The van der Waals surface area contributed by atoms with Crippen LogP contribution < -0.4 is 0 Å². The van der Waals surface area contributed by atoms with E-state index in [1.807, 2.05) is 0 Å². The van der Waals surface area contributed by atoms with Crippen LogP contribution in [0, 0.1) is 23.7 Å². The van der Waals surface area contributed by atoms with E-state index in [4.69, 9.17) is 9.47 Å². The van der Waals surface area contributed by atoms with Gasteiger partial charge in [0.15, 0.2) is 0 Å². The van der Waals surface area contributed by atoms with Crippen molar-refractivity contribution < 1.29 is 9.47 Å². The minimum absolute atomic E-state index is 0.676. The summed E-state index contributed by atoms with van der Waals surface area (Å²) in [5.74, 6) is 3.77. The molecule has 2 bridgehead atoms. The zero-order valence-corrected chi connectivity index (χ0v) is 6.85. The second kappa shape index (κ2) is 1.38. The number of fused-ring (bicyclic) bond motifs is 10. The zero-order chi connectivity index (χ0) is 7.45. The first-order chi connectivity index (χ1) is 5.93. The van der Waals surface area contributed by atoms with E-state index in [1.165, 1.54) is 12.8 Å². The maximum atomic E-state index is 5.69. The summed E-state index contributed by atoms with van der Waals surface area (Å²) in [4.78, 5) is 0. The summed E-state index contributed by atoms with van der Waals surface area (Å²) in [6.45, 7) is 0. The van der Waals surface area contributed by atoms with Crippen molar-refractivity contribution in [1.29, 1.82) is 0 Å². The van der Waals surface area contributed by atoms with Gasteiger partial charge in [0, 0.05) is 0 Å². The Hall–Kier alpha value is -0.0800. The van der Waals surface area contributed by atoms with Gasteiger partial charge in [-0.2, -0.15) is 0 Å². The standard InChI is InChI=1S/C10H12O2/c1-4-3-2-6-10(11-6)7(3)5(1)9-8(4)12-9/h3-10H,1-2H2/t3?,4-,5+,6+,7?,8-,9+,10+/m1/s1. The van der Waals surface area contributed by atoms with Crippen molar-refractivity contribution >= 4 is 0 Å². The zero-order valence-electron chi connectivity index (χ0n) is 6.85. The lowest BCUT2D eigenvalue weighted by Crippen LogP contribution is -2.27. The van der Waals surface area contributed by atoms with E-state index in [0.717, 1.165) is 23.7 Å². The van der Waals surface area contributed by atoms with Crippen molar-refractivity contribution in [1.82, 2.24) is 0 Å². The van der Waals surface area contributed by atoms with Crippen molar-refractivity contribution in [3.05, 3.63) is 0 Å². The van der Waals surface area contributed by atoms with Crippen molar-refractivity contribution in [2.45, 2.75) is 37.3 Å². The highest BCUT2D eigenvalue weighted by molar-refractivity contribution is 5.21. The molecular weight excluding hydrogens is 152 g/mol. The molecule has 3 aliphatic carbocycles. The average molecular weight is 164 g/mol. The summed E-state index contributed by atoms with van der Waals surface area (Å²) in [7, 11) is 0. The molecule has 8 atom stereocenters. The van der Waals surface area contributed by atoms with Gasteiger partial charge in [-0.3, -0.25) is 0 Å². The third-order valence-corrected chi connectivity index (χ3v) is 4.99. The molecule has 5 rings (SSSR count). The summed E-state index contributed by atoms with van der Waals surface area (Å²) in [6.07, 6.45) is 5.58. The van der Waals surface area contributed by atoms with Crippen LogP contribution in [0.1, 0.15) is 12.8 Å². The first-order valence-corrected chi connectivity index (χ1v) is 5.24. The predicted molar refractivity (Wildman–Crippen MR) is 40.5 cm³/mol. The first-order valence-electron chi connectivity index (χ1n) is 5.24. The molecule has 2 unspecified atom stereocenters. The van der Waals surface area contributed by atoms with Crippen LogP contribution in [0.15, 0.2) is 0 Å². The SMILES string of the molecule is C1C2C([C@H]3O[C@@H]13)[C@@H]1C[C@H]2[C@H]2O[C@H]21. The van der Waals surface area contributed by atoms with E-state index >= 15 is 0 Å². The second-order valence-corrected chi connectivity index (χ2v) is 5.24. The van der Waals surface area contributed by atoms with Gasteiger partial charge >= 0.3 is 0 Å². The molecule has 12 heavy (non-hydrogen) atoms. The van der Waals surface area contributed by atoms with Crippen molar-refractivity contribution in [2.75, 3.05) is 0 Å². The summed E-state index contributed by atoms with van der Waals surface area (Å²) in [5, 5.41) is 0. The summed E-state index contributed by atoms with van der Waals surface area (Å²) in [6, 6.07) is 0. The lowest BCUT2D eigenvalue weighted by molar-refractivity contribution is 0.162. The van der Waals surface area contributed by atoms with Gasteiger partial charge in [0.05, 0.1) is 24.4 Å². The summed E-state index contributed by atoms with van der Waals surface area (Å²) in [5.41, 5.74) is 0. The number of ether oxygens (including phenoxy) is 2. The molecule has 0 N–H and O–H groups in total. The van der Waals surface area contributed by atoms with Crippen LogP contribution in [0.2, 0.25) is 0 Å². The molecule has 0 spiro atoms. The van der Waals surface area contributed by atoms with Crippen LogP contribution in [0.5, 0.6) is 0 Å². The van der Waals surface area contributed by atoms with Crippen LogP contribution in [-0.2, 0) is 9.47 Å². The van der Waals surface area contributed by atoms with E-state index in [1.54, 1.807) is 0 Å². The van der Waals surface area contributed by atoms with E-state index in [0.29, 0.717) is 24.4 Å². The normalized spacial score (nSPS) is 80.0. The van der Waals surface area contributed by atoms with Gasteiger partial charge in [-0.25, -0.2) is 0 Å². The summed E-state index contributed by atoms with van der Waals surface area (Å²) < 4.78 is 11.3. The molecule has 2 nitrogen and oxygen atoms in total. The average Bonchev–Trinajstić information content (AvgIpc) is 2.92. The minimum atomic E-state index is 0.676. The smallest absolute Gasteiger partial charge is 0.0876 e. The van der Waals surface area contributed by atoms with E-state index in [9.17, 15) is 0 Å². The highest BCUT2D eigenvalue weighted by Gasteiger charge is 2.74. The van der Waals surface area contributed by atoms with Gasteiger partial charge in [0.1, 0.15) is 0 Å². The molecule has 0 aromatic heterocycles. The Morgan fingerprint density at radius 1 is 0.750 bits per heavy atom. The highest BCUT2D eigenvalue weighted by Crippen LogP contribution is 2.69. The lowest BCUT2D eigenvalue weighted by Gasteiger charge is -2.22. The maximum Gasteiger partial charge on any atom is 0.0876 e. The molecule has 2 aliphatic heterocycles. The molecule has 2 heteroatoms. The highest BCUT2D eigenvalue weighted by atomic mass is 16.6. The Kier molecular flexibility index (Phi) is 0.644. The number of hydrogen-bond donors (Lipinski definition) is 0. The fourth-order valence-electron chi connectivity index (χ4n) is 4.58. The van der Waals surface area contributed by atoms with E-state index < -0.39 is 0 Å². The molecule has 2 heterocycles. The Labute approximate surface area is 71.2 Å². The minimum Gasteiger partial charge on any atom is -0.369 e. The van der Waals surface area contributed by atoms with Gasteiger partial charge in [-0.05, 0) is 36.5 Å². The fraction of sp³-hybridized carbons (Fsp3) is 1.00. The number of rotatable bonds is 0. The van der Waals surface area contributed by atoms with Crippen LogP contribution in [0.3, 0.4) is 0 Å². The quantitative estimate of drug-likeness (QED) is 0.495. The van der Waals surface area contributed by atoms with Crippen LogP contribution in [0.4, 0.5) is 0 Å². The third kappa shape index (κ3) is 0.409. The van der Waals surface area contributed by atoms with Gasteiger partial charge < -0.3 is 9.47 Å². The molecule has 5 aliphatic rings. The van der Waals surface area contributed by atoms with E-state index in [2.05, 4.69) is 0 Å². The topological polar surface area (TPSA) is 25.1 Å². The maximum absolute atomic E-state index is 5.69. The lowest BCUT2D eigenvalue weighted by atomic mass is 9.81. The van der Waals surface area contributed by atoms with Crippen molar-refractivity contribution in [3.8, 4) is 0 Å². The number of epoxide rings is 2. The molecule has 64 valence electrons. The first kappa shape index (κ1) is 5.61. The van der Waals surface area contributed by atoms with Gasteiger partial charge in [-0.15, -0.1) is 0 Å². The van der Waals surface area contributed by atoms with Crippen molar-refractivity contribution in [2.24, 2.45) is 23.7 Å². The molecule has 0 amide bonds. The molecule has 0 radical (unpaired) electrons. The molecule has 0 aromatic carbocycles. The fourth-order valence-corrected chi connectivity index (χ4v) is 4.58. The third-order valence-electron chi connectivity index (χ3n) is 4.99. The second-order valence-electron chi connectivity index (χ2n) is 5.24. The number of hydrogen-bond acceptors (Lipinski definition) is 2. The Morgan fingerprint density at radius 2 is 1.67 bits per heavy atom. The van der Waals surface area contributed by atoms with Gasteiger partial charge in [-0.1, -0.05) is 0 Å². The molecule has 2 saturated heterocycles. The Morgan fingerprint density at radius 3 is 2.67 bits per heavy atom. The molecule has 3 saturated carbocycles. The molecule has 0 aromatic rings. The predicted octanol–water partition coefficient (Wildman–Crippen LogP) is 0.807.